The number of hydrogen-bond acceptors (Lipinski definition) is 8. The van der Waals surface area contributed by atoms with Crippen LogP contribution in [0.3, 0.4) is 0 Å². The van der Waals surface area contributed by atoms with Crippen molar-refractivity contribution in [3.05, 3.63) is 66.2 Å². The lowest BCUT2D eigenvalue weighted by atomic mass is 9.95. The van der Waals surface area contributed by atoms with Gasteiger partial charge >= 0.3 is 13.7 Å². The molecule has 3 unspecified atom stereocenters. The highest BCUT2D eigenvalue weighted by atomic mass is 31.2. The molecule has 0 aliphatic carbocycles. The van der Waals surface area contributed by atoms with E-state index in [0.717, 1.165) is 0 Å². The zero-order chi connectivity index (χ0) is 24.9. The summed E-state index contributed by atoms with van der Waals surface area (Å²) in [5.41, 5.74) is -0.719. The van der Waals surface area contributed by atoms with Gasteiger partial charge in [0.15, 0.2) is 0 Å². The fraction of sp³-hybridized carbons (Fsp3) is 0.458. The number of aliphatic hydroxyl groups is 2. The van der Waals surface area contributed by atoms with Crippen molar-refractivity contribution in [1.29, 1.82) is 0 Å². The van der Waals surface area contributed by atoms with Gasteiger partial charge in [0, 0.05) is 0 Å². The molecule has 0 bridgehead atoms. The molecule has 2 aromatic rings. The summed E-state index contributed by atoms with van der Waals surface area (Å²) in [4.78, 5) is 12.3. The summed E-state index contributed by atoms with van der Waals surface area (Å²) in [5, 5.41) is 23.9. The van der Waals surface area contributed by atoms with E-state index < -0.39 is 50.3 Å². The third kappa shape index (κ3) is 6.44. The topological polar surface area (TPSA) is 124 Å². The number of para-hydroxylation sites is 1. The fourth-order valence-corrected chi connectivity index (χ4v) is 5.12. The van der Waals surface area contributed by atoms with E-state index in [0.29, 0.717) is 5.56 Å². The van der Waals surface area contributed by atoms with Crippen molar-refractivity contribution in [1.82, 2.24) is 5.09 Å². The highest BCUT2D eigenvalue weighted by molar-refractivity contribution is 7.52. The van der Waals surface area contributed by atoms with Gasteiger partial charge in [-0.1, -0.05) is 48.5 Å². The number of ether oxygens (including phenoxy) is 2. The number of benzene rings is 2. The standard InChI is InChI=1S/C24H32NO8P/c1-16(2)31-23(28)17(3)25-34(29,33-19-13-9-6-10-14-19)30-15-24(4)22(27)20(26)21(32-24)18-11-7-5-8-12-18/h5-14,16-17,20-22,26-27H,15H2,1-4H3,(H,25,29)/t17-,20-,21?,22-,24?,34?/m0/s1. The molecule has 34 heavy (non-hydrogen) atoms. The third-order valence-corrected chi connectivity index (χ3v) is 6.95. The van der Waals surface area contributed by atoms with Gasteiger partial charge in [0.1, 0.15) is 35.7 Å². The lowest BCUT2D eigenvalue weighted by Gasteiger charge is -2.30. The van der Waals surface area contributed by atoms with Crippen molar-refractivity contribution in [2.75, 3.05) is 6.61 Å². The first-order valence-corrected chi connectivity index (χ1v) is 12.6. The molecule has 1 aliphatic rings. The second-order valence-corrected chi connectivity index (χ2v) is 10.4. The average molecular weight is 493 g/mol. The van der Waals surface area contributed by atoms with E-state index in [1.54, 1.807) is 75.4 Å². The molecule has 0 spiro atoms. The predicted octanol–water partition coefficient (Wildman–Crippen LogP) is 3.37. The maximum absolute atomic E-state index is 13.7. The van der Waals surface area contributed by atoms with Crippen LogP contribution in [-0.4, -0.2) is 52.7 Å². The number of rotatable bonds is 10. The molecule has 1 heterocycles. The molecular formula is C24H32NO8P. The minimum absolute atomic E-state index is 0.253. The molecule has 0 aromatic heterocycles. The molecule has 186 valence electrons. The molecule has 9 nitrogen and oxygen atoms in total. The Bertz CT molecular complexity index is 989. The normalized spacial score (nSPS) is 27.2. The van der Waals surface area contributed by atoms with Crippen LogP contribution in [0.1, 0.15) is 39.4 Å². The molecule has 2 aromatic carbocycles. The molecule has 0 saturated carbocycles. The first-order chi connectivity index (χ1) is 16.0. The largest absolute Gasteiger partial charge is 0.462 e. The Morgan fingerprint density at radius 1 is 1.09 bits per heavy atom. The van der Waals surface area contributed by atoms with Gasteiger partial charge in [0.05, 0.1) is 12.7 Å². The predicted molar refractivity (Wildman–Crippen MR) is 125 cm³/mol. The van der Waals surface area contributed by atoms with Gasteiger partial charge in [0.25, 0.3) is 0 Å². The molecule has 1 fully saturated rings. The van der Waals surface area contributed by atoms with E-state index in [2.05, 4.69) is 5.09 Å². The van der Waals surface area contributed by atoms with Crippen molar-refractivity contribution in [3.8, 4) is 5.75 Å². The van der Waals surface area contributed by atoms with Crippen LogP contribution in [0, 0.1) is 0 Å². The van der Waals surface area contributed by atoms with E-state index in [4.69, 9.17) is 18.5 Å². The second-order valence-electron chi connectivity index (χ2n) is 8.71. The average Bonchev–Trinajstić information content (AvgIpc) is 3.03. The van der Waals surface area contributed by atoms with Gasteiger partial charge in [-0.05, 0) is 45.4 Å². The summed E-state index contributed by atoms with van der Waals surface area (Å²) < 4.78 is 36.1. The van der Waals surface area contributed by atoms with Crippen LogP contribution in [0.15, 0.2) is 60.7 Å². The summed E-state index contributed by atoms with van der Waals surface area (Å²) in [6, 6.07) is 16.3. The third-order valence-electron chi connectivity index (χ3n) is 5.33. The minimum atomic E-state index is -4.15. The Morgan fingerprint density at radius 3 is 2.26 bits per heavy atom. The van der Waals surface area contributed by atoms with E-state index >= 15 is 0 Å². The molecule has 0 amide bonds. The number of nitrogens with one attached hydrogen (secondary N) is 1. The molecule has 3 N–H and O–H groups in total. The lowest BCUT2D eigenvalue weighted by Crippen LogP contribution is -2.45. The summed E-state index contributed by atoms with van der Waals surface area (Å²) in [6.07, 6.45) is -3.71. The Labute approximate surface area is 199 Å². The van der Waals surface area contributed by atoms with E-state index in [-0.39, 0.29) is 11.9 Å². The van der Waals surface area contributed by atoms with Crippen LogP contribution in [-0.2, 0) is 23.4 Å². The van der Waals surface area contributed by atoms with Crippen molar-refractivity contribution in [2.24, 2.45) is 0 Å². The van der Waals surface area contributed by atoms with Gasteiger partial charge in [-0.15, -0.1) is 0 Å². The van der Waals surface area contributed by atoms with Gasteiger partial charge in [0.2, 0.25) is 0 Å². The Morgan fingerprint density at radius 2 is 1.68 bits per heavy atom. The van der Waals surface area contributed by atoms with Crippen molar-refractivity contribution < 1.29 is 38.1 Å². The molecular weight excluding hydrogens is 461 g/mol. The zero-order valence-electron chi connectivity index (χ0n) is 19.7. The van der Waals surface area contributed by atoms with Crippen molar-refractivity contribution in [3.63, 3.8) is 0 Å². The van der Waals surface area contributed by atoms with Gasteiger partial charge in [-0.3, -0.25) is 9.32 Å². The first-order valence-electron chi connectivity index (χ1n) is 11.1. The Balaban J connectivity index is 1.77. The SMILES string of the molecule is CC(C)OC(=O)[C@H](C)NP(=O)(OCC1(C)OC(c2ccccc2)[C@H](O)[C@@H]1O)Oc1ccccc1. The summed E-state index contributed by atoms with van der Waals surface area (Å²) >= 11 is 0. The van der Waals surface area contributed by atoms with E-state index in [1.165, 1.54) is 6.92 Å². The molecule has 10 heteroatoms. The second kappa shape index (κ2) is 11.0. The van der Waals surface area contributed by atoms with Crippen molar-refractivity contribution >= 4 is 13.7 Å². The van der Waals surface area contributed by atoms with Crippen LogP contribution in [0.2, 0.25) is 0 Å². The fourth-order valence-electron chi connectivity index (χ4n) is 3.53. The van der Waals surface area contributed by atoms with Gasteiger partial charge in [-0.25, -0.2) is 4.57 Å². The maximum atomic E-state index is 13.7. The maximum Gasteiger partial charge on any atom is 0.459 e. The lowest BCUT2D eigenvalue weighted by molar-refractivity contribution is -0.149. The molecule has 1 saturated heterocycles. The smallest absolute Gasteiger partial charge is 0.459 e. The summed E-state index contributed by atoms with van der Waals surface area (Å²) in [7, 11) is -4.15. The van der Waals surface area contributed by atoms with Gasteiger partial charge in [-0.2, -0.15) is 5.09 Å². The molecule has 0 radical (unpaired) electrons. The number of hydrogen-bond donors (Lipinski definition) is 3. The van der Waals surface area contributed by atoms with E-state index in [9.17, 15) is 19.6 Å². The Hall–Kier alpha value is -2.26. The summed E-state index contributed by atoms with van der Waals surface area (Å²) in [6.45, 7) is 6.04. The van der Waals surface area contributed by atoms with E-state index in [1.807, 2.05) is 6.07 Å². The monoisotopic (exact) mass is 493 g/mol. The Kier molecular flexibility index (Phi) is 8.52. The number of carbonyl (C=O) groups is 1. The van der Waals surface area contributed by atoms with Crippen LogP contribution in [0.25, 0.3) is 0 Å². The molecule has 3 rings (SSSR count). The van der Waals surface area contributed by atoms with Crippen LogP contribution in [0.4, 0.5) is 0 Å². The number of aliphatic hydroxyl groups excluding tert-OH is 2. The zero-order valence-corrected chi connectivity index (χ0v) is 20.6. The quantitative estimate of drug-likeness (QED) is 0.338. The van der Waals surface area contributed by atoms with Crippen molar-refractivity contribution in [2.45, 2.75) is 63.8 Å². The highest BCUT2D eigenvalue weighted by Crippen LogP contribution is 2.48. The summed E-state index contributed by atoms with van der Waals surface area (Å²) in [5.74, 6) is -0.374. The van der Waals surface area contributed by atoms with Crippen LogP contribution in [0.5, 0.6) is 5.75 Å². The first kappa shape index (κ1) is 26.3. The van der Waals surface area contributed by atoms with Crippen LogP contribution >= 0.6 is 7.75 Å². The van der Waals surface area contributed by atoms with Crippen LogP contribution < -0.4 is 9.61 Å². The minimum Gasteiger partial charge on any atom is -0.462 e. The highest BCUT2D eigenvalue weighted by Gasteiger charge is 2.53. The number of esters is 1. The molecule has 1 aliphatic heterocycles. The number of carbonyl (C=O) groups excluding carboxylic acids is 1. The van der Waals surface area contributed by atoms with Gasteiger partial charge < -0.3 is 24.2 Å². The molecule has 6 atom stereocenters.